The van der Waals surface area contributed by atoms with Gasteiger partial charge in [-0.05, 0) is 13.8 Å². The van der Waals surface area contributed by atoms with Gasteiger partial charge in [0, 0.05) is 5.56 Å². The third kappa shape index (κ3) is 2.73. The number of rotatable bonds is 4. The van der Waals surface area contributed by atoms with E-state index in [-0.39, 0.29) is 0 Å². The molecule has 0 amide bonds. The zero-order valence-electron chi connectivity index (χ0n) is 8.33. The minimum atomic E-state index is 0.326. The van der Waals surface area contributed by atoms with Crippen LogP contribution in [0.4, 0.5) is 0 Å². The molecule has 0 aliphatic rings. The van der Waals surface area contributed by atoms with Gasteiger partial charge in [0.25, 0.3) is 0 Å². The van der Waals surface area contributed by atoms with Gasteiger partial charge >= 0.3 is 0 Å². The van der Waals surface area contributed by atoms with E-state index in [4.69, 9.17) is 4.84 Å². The van der Waals surface area contributed by atoms with Crippen molar-refractivity contribution in [1.29, 1.82) is 0 Å². The van der Waals surface area contributed by atoms with Crippen LogP contribution < -0.4 is 5.48 Å². The number of benzene rings is 1. The lowest BCUT2D eigenvalue weighted by Gasteiger charge is -2.06. The van der Waals surface area contributed by atoms with Crippen molar-refractivity contribution in [2.75, 3.05) is 6.61 Å². The van der Waals surface area contributed by atoms with Crippen LogP contribution in [0.25, 0.3) is 5.70 Å². The molecule has 1 aromatic carbocycles. The molecule has 0 heterocycles. The summed E-state index contributed by atoms with van der Waals surface area (Å²) in [4.78, 5) is 15.5. The number of aryl methyl sites for hydroxylation is 1. The fourth-order valence-corrected chi connectivity index (χ4v) is 1.00. The van der Waals surface area contributed by atoms with E-state index in [0.717, 1.165) is 11.1 Å². The fraction of sp³-hybridized carbons (Fsp3) is 0.273. The Balaban J connectivity index is 2.80. The van der Waals surface area contributed by atoms with Gasteiger partial charge in [0.1, 0.15) is 0 Å². The first-order chi connectivity index (χ1) is 6.77. The molecule has 0 aromatic heterocycles. The van der Waals surface area contributed by atoms with Crippen molar-refractivity contribution in [3.8, 4) is 0 Å². The molecule has 0 saturated carbocycles. The Morgan fingerprint density at radius 3 is 2.57 bits per heavy atom. The Bertz CT molecular complexity index is 337. The van der Waals surface area contributed by atoms with E-state index in [1.807, 2.05) is 38.1 Å². The standard InChI is InChI=1S/C11H13NO2/c1-3-14-12-11(8-13)10-6-4-9(2)5-7-10/h4-7,12H,3H2,1-2H3. The molecular formula is C11H13NO2. The van der Waals surface area contributed by atoms with Gasteiger partial charge in [-0.1, -0.05) is 29.8 Å². The first-order valence-electron chi connectivity index (χ1n) is 4.48. The zero-order chi connectivity index (χ0) is 10.4. The summed E-state index contributed by atoms with van der Waals surface area (Å²) in [6.07, 6.45) is 0. The smallest absolute Gasteiger partial charge is 0.153 e. The Kier molecular flexibility index (Phi) is 3.92. The molecule has 3 nitrogen and oxygen atoms in total. The van der Waals surface area contributed by atoms with E-state index in [1.165, 1.54) is 0 Å². The van der Waals surface area contributed by atoms with Gasteiger partial charge < -0.3 is 0 Å². The third-order valence-corrected chi connectivity index (χ3v) is 1.76. The quantitative estimate of drug-likeness (QED) is 0.581. The Labute approximate surface area is 83.3 Å². The average Bonchev–Trinajstić information content (AvgIpc) is 2.21. The lowest BCUT2D eigenvalue weighted by molar-refractivity contribution is 0.0905. The number of nitrogens with one attached hydrogen (secondary N) is 1. The minimum absolute atomic E-state index is 0.326. The van der Waals surface area contributed by atoms with Gasteiger partial charge in [-0.3, -0.25) is 10.3 Å². The molecular weight excluding hydrogens is 178 g/mol. The molecule has 0 atom stereocenters. The highest BCUT2D eigenvalue weighted by atomic mass is 16.6. The monoisotopic (exact) mass is 191 g/mol. The molecule has 1 rings (SSSR count). The highest BCUT2D eigenvalue weighted by molar-refractivity contribution is 5.85. The largest absolute Gasteiger partial charge is 0.276 e. The van der Waals surface area contributed by atoms with Gasteiger partial charge in [-0.2, -0.15) is 0 Å². The summed E-state index contributed by atoms with van der Waals surface area (Å²) in [6, 6.07) is 7.56. The van der Waals surface area contributed by atoms with Crippen LogP contribution in [0.5, 0.6) is 0 Å². The first-order valence-corrected chi connectivity index (χ1v) is 4.48. The van der Waals surface area contributed by atoms with Crippen LogP contribution >= 0.6 is 0 Å². The Morgan fingerprint density at radius 1 is 1.43 bits per heavy atom. The molecule has 0 bridgehead atoms. The van der Waals surface area contributed by atoms with Crippen molar-refractivity contribution in [1.82, 2.24) is 5.48 Å². The van der Waals surface area contributed by atoms with Crippen molar-refractivity contribution >= 4 is 11.6 Å². The lowest BCUT2D eigenvalue weighted by atomic mass is 10.1. The molecule has 0 aliphatic heterocycles. The second kappa shape index (κ2) is 5.22. The number of hydrogen-bond acceptors (Lipinski definition) is 3. The maximum absolute atomic E-state index is 10.6. The molecule has 0 unspecified atom stereocenters. The topological polar surface area (TPSA) is 38.3 Å². The van der Waals surface area contributed by atoms with Crippen molar-refractivity contribution in [3.05, 3.63) is 35.4 Å². The van der Waals surface area contributed by atoms with Crippen LogP contribution in [0.3, 0.4) is 0 Å². The fourth-order valence-electron chi connectivity index (χ4n) is 1.00. The molecule has 0 aliphatic carbocycles. The van der Waals surface area contributed by atoms with Gasteiger partial charge in [-0.25, -0.2) is 4.79 Å². The van der Waals surface area contributed by atoms with Crippen LogP contribution in [0.1, 0.15) is 18.1 Å². The molecule has 1 N–H and O–H groups in total. The van der Waals surface area contributed by atoms with Crippen molar-refractivity contribution in [2.45, 2.75) is 13.8 Å². The summed E-state index contributed by atoms with van der Waals surface area (Å²) in [7, 11) is 0. The van der Waals surface area contributed by atoms with E-state index in [1.54, 1.807) is 5.94 Å². The molecule has 0 radical (unpaired) electrons. The number of carbonyl (C=O) groups excluding carboxylic acids is 1. The Morgan fingerprint density at radius 2 is 2.07 bits per heavy atom. The van der Waals surface area contributed by atoms with Crippen LogP contribution in [-0.4, -0.2) is 12.5 Å². The lowest BCUT2D eigenvalue weighted by Crippen LogP contribution is -2.13. The highest BCUT2D eigenvalue weighted by Crippen LogP contribution is 2.09. The maximum Gasteiger partial charge on any atom is 0.153 e. The highest BCUT2D eigenvalue weighted by Gasteiger charge is 2.00. The van der Waals surface area contributed by atoms with Gasteiger partial charge in [0.15, 0.2) is 11.6 Å². The summed E-state index contributed by atoms with van der Waals surface area (Å²) in [5.41, 5.74) is 4.80. The average molecular weight is 191 g/mol. The summed E-state index contributed by atoms with van der Waals surface area (Å²) in [6.45, 7) is 4.33. The summed E-state index contributed by atoms with van der Waals surface area (Å²) < 4.78 is 0. The summed E-state index contributed by atoms with van der Waals surface area (Å²) in [5.74, 6) is 1.80. The van der Waals surface area contributed by atoms with Gasteiger partial charge in [0.2, 0.25) is 0 Å². The van der Waals surface area contributed by atoms with E-state index < -0.39 is 0 Å². The van der Waals surface area contributed by atoms with E-state index in [9.17, 15) is 4.79 Å². The van der Waals surface area contributed by atoms with Crippen LogP contribution in [-0.2, 0) is 9.63 Å². The van der Waals surface area contributed by atoms with E-state index >= 15 is 0 Å². The SMILES string of the molecule is CCONC(=C=O)c1ccc(C)cc1. The molecule has 1 aromatic rings. The van der Waals surface area contributed by atoms with Crippen LogP contribution in [0.2, 0.25) is 0 Å². The first kappa shape index (κ1) is 10.5. The van der Waals surface area contributed by atoms with Gasteiger partial charge in [0.05, 0.1) is 6.61 Å². The second-order valence-electron chi connectivity index (χ2n) is 2.88. The third-order valence-electron chi connectivity index (χ3n) is 1.76. The number of hydrogen-bond donors (Lipinski definition) is 1. The zero-order valence-corrected chi connectivity index (χ0v) is 8.33. The minimum Gasteiger partial charge on any atom is -0.276 e. The second-order valence-corrected chi connectivity index (χ2v) is 2.88. The van der Waals surface area contributed by atoms with Gasteiger partial charge in [-0.15, -0.1) is 0 Å². The van der Waals surface area contributed by atoms with Crippen molar-refractivity contribution < 1.29 is 9.63 Å². The van der Waals surface area contributed by atoms with Crippen LogP contribution in [0, 0.1) is 6.92 Å². The molecule has 0 saturated heterocycles. The van der Waals surface area contributed by atoms with E-state index in [2.05, 4.69) is 5.48 Å². The molecule has 0 fully saturated rings. The summed E-state index contributed by atoms with van der Waals surface area (Å²) in [5, 5.41) is 0. The number of hydroxylamine groups is 1. The Hall–Kier alpha value is -1.57. The molecule has 0 spiro atoms. The normalized spacial score (nSPS) is 9.29. The molecule has 3 heteroatoms. The van der Waals surface area contributed by atoms with Crippen LogP contribution in [0.15, 0.2) is 24.3 Å². The maximum atomic E-state index is 10.6. The molecule has 74 valence electrons. The van der Waals surface area contributed by atoms with E-state index in [0.29, 0.717) is 12.3 Å². The molecule has 14 heavy (non-hydrogen) atoms. The predicted octanol–water partition coefficient (Wildman–Crippen LogP) is 1.71. The van der Waals surface area contributed by atoms with Crippen molar-refractivity contribution in [3.63, 3.8) is 0 Å². The van der Waals surface area contributed by atoms with Crippen molar-refractivity contribution in [2.24, 2.45) is 0 Å². The predicted molar refractivity (Wildman–Crippen MR) is 55.0 cm³/mol. The summed E-state index contributed by atoms with van der Waals surface area (Å²) >= 11 is 0.